The van der Waals surface area contributed by atoms with E-state index in [2.05, 4.69) is 22.6 Å². The summed E-state index contributed by atoms with van der Waals surface area (Å²) in [5.41, 5.74) is 8.51. The van der Waals surface area contributed by atoms with Gasteiger partial charge in [-0.05, 0) is 72.6 Å². The van der Waals surface area contributed by atoms with Crippen molar-refractivity contribution in [2.75, 3.05) is 6.61 Å². The van der Waals surface area contributed by atoms with Crippen molar-refractivity contribution in [2.45, 2.75) is 32.3 Å². The number of aliphatic carboxylic acids is 1. The maximum absolute atomic E-state index is 10.8. The SMILES string of the molecule is CC(=CC1CCc2c(cccc2OCC(=O)O)C1)NOC(c1ccccc1)c1ccncc1. The van der Waals surface area contributed by atoms with Gasteiger partial charge in [0.15, 0.2) is 6.61 Å². The molecule has 170 valence electrons. The molecule has 4 rings (SSSR count). The lowest BCUT2D eigenvalue weighted by molar-refractivity contribution is -0.139. The summed E-state index contributed by atoms with van der Waals surface area (Å²) in [4.78, 5) is 21.1. The van der Waals surface area contributed by atoms with Crippen molar-refractivity contribution in [1.82, 2.24) is 10.5 Å². The van der Waals surface area contributed by atoms with Crippen molar-refractivity contribution in [3.05, 3.63) is 107 Å². The highest BCUT2D eigenvalue weighted by Gasteiger charge is 2.21. The normalized spacial score (nSPS) is 16.5. The standard InChI is InChI=1S/C27H28N2O4/c1-19(29-33-27(21-6-3-2-4-7-21)22-12-14-28-15-13-22)16-20-10-11-24-23(17-20)8-5-9-25(24)32-18-26(30)31/h2-9,12-16,20,27,29H,10-11,17-18H2,1H3,(H,30,31). The Morgan fingerprint density at radius 1 is 1.12 bits per heavy atom. The zero-order valence-corrected chi connectivity index (χ0v) is 18.6. The maximum atomic E-state index is 10.8. The van der Waals surface area contributed by atoms with Crippen LogP contribution in [0.2, 0.25) is 0 Å². The molecule has 0 amide bonds. The van der Waals surface area contributed by atoms with Gasteiger partial charge in [-0.25, -0.2) is 4.79 Å². The Labute approximate surface area is 193 Å². The van der Waals surface area contributed by atoms with Crippen molar-refractivity contribution >= 4 is 5.97 Å². The summed E-state index contributed by atoms with van der Waals surface area (Å²) in [5.74, 6) is 0.0736. The molecule has 0 saturated carbocycles. The van der Waals surface area contributed by atoms with E-state index in [1.807, 2.05) is 61.5 Å². The predicted octanol–water partition coefficient (Wildman–Crippen LogP) is 4.86. The first-order valence-corrected chi connectivity index (χ1v) is 11.1. The molecule has 3 aromatic rings. The van der Waals surface area contributed by atoms with Crippen LogP contribution in [0.3, 0.4) is 0 Å². The van der Waals surface area contributed by atoms with Crippen molar-refractivity contribution in [1.29, 1.82) is 0 Å². The van der Waals surface area contributed by atoms with Crippen molar-refractivity contribution in [3.8, 4) is 5.75 Å². The molecule has 2 unspecified atom stereocenters. The van der Waals surface area contributed by atoms with Gasteiger partial charge in [-0.2, -0.15) is 0 Å². The second-order valence-electron chi connectivity index (χ2n) is 8.22. The van der Waals surface area contributed by atoms with Crippen LogP contribution in [0.15, 0.2) is 84.8 Å². The molecule has 2 atom stereocenters. The summed E-state index contributed by atoms with van der Waals surface area (Å²) in [6.07, 6.45) is 8.19. The number of carboxylic acid groups (broad SMARTS) is 1. The smallest absolute Gasteiger partial charge is 0.341 e. The number of hydrogen-bond acceptors (Lipinski definition) is 5. The van der Waals surface area contributed by atoms with Gasteiger partial charge in [-0.15, -0.1) is 0 Å². The molecular weight excluding hydrogens is 416 g/mol. The molecule has 2 aromatic carbocycles. The molecule has 0 fully saturated rings. The van der Waals surface area contributed by atoms with E-state index in [9.17, 15) is 4.79 Å². The fourth-order valence-corrected chi connectivity index (χ4v) is 4.25. The van der Waals surface area contributed by atoms with Crippen LogP contribution < -0.4 is 10.2 Å². The molecule has 6 nitrogen and oxygen atoms in total. The van der Waals surface area contributed by atoms with Crippen LogP contribution in [0.25, 0.3) is 0 Å². The third kappa shape index (κ3) is 5.99. The van der Waals surface area contributed by atoms with Gasteiger partial charge in [0.2, 0.25) is 0 Å². The number of ether oxygens (including phenoxy) is 1. The van der Waals surface area contributed by atoms with Crippen LogP contribution >= 0.6 is 0 Å². The summed E-state index contributed by atoms with van der Waals surface area (Å²) >= 11 is 0. The van der Waals surface area contributed by atoms with Gasteiger partial charge in [-0.1, -0.05) is 48.5 Å². The van der Waals surface area contributed by atoms with Crippen LogP contribution in [-0.4, -0.2) is 22.7 Å². The number of rotatable bonds is 9. The van der Waals surface area contributed by atoms with Gasteiger partial charge >= 0.3 is 5.97 Å². The van der Waals surface area contributed by atoms with E-state index >= 15 is 0 Å². The zero-order valence-electron chi connectivity index (χ0n) is 18.6. The summed E-state index contributed by atoms with van der Waals surface area (Å²) in [6.45, 7) is 1.69. The number of pyridine rings is 1. The molecule has 0 spiro atoms. The van der Waals surface area contributed by atoms with Crippen LogP contribution in [0.5, 0.6) is 5.75 Å². The van der Waals surface area contributed by atoms with Gasteiger partial charge < -0.3 is 9.84 Å². The third-order valence-electron chi connectivity index (χ3n) is 5.76. The van der Waals surface area contributed by atoms with Crippen LogP contribution in [0, 0.1) is 5.92 Å². The number of hydroxylamine groups is 1. The molecule has 6 heteroatoms. The Hall–Kier alpha value is -3.64. The minimum Gasteiger partial charge on any atom is -0.482 e. The lowest BCUT2D eigenvalue weighted by Gasteiger charge is -2.25. The van der Waals surface area contributed by atoms with E-state index in [4.69, 9.17) is 14.7 Å². The Kier molecular flexibility index (Phi) is 7.37. The first-order chi connectivity index (χ1) is 16.1. The highest BCUT2D eigenvalue weighted by atomic mass is 16.7. The number of allylic oxidation sites excluding steroid dienone is 2. The number of carboxylic acids is 1. The van der Waals surface area contributed by atoms with Gasteiger partial charge in [0.25, 0.3) is 0 Å². The summed E-state index contributed by atoms with van der Waals surface area (Å²) < 4.78 is 5.48. The van der Waals surface area contributed by atoms with E-state index in [0.717, 1.165) is 41.6 Å². The molecule has 0 saturated heterocycles. The number of carbonyl (C=O) groups is 1. The molecule has 0 radical (unpaired) electrons. The number of nitrogens with one attached hydrogen (secondary N) is 1. The quantitative estimate of drug-likeness (QED) is 0.459. The average Bonchev–Trinajstić information content (AvgIpc) is 2.84. The van der Waals surface area contributed by atoms with Gasteiger partial charge in [0, 0.05) is 18.1 Å². The number of nitrogens with zero attached hydrogens (tertiary/aromatic N) is 1. The summed E-state index contributed by atoms with van der Waals surface area (Å²) in [5, 5.41) is 8.90. The zero-order chi connectivity index (χ0) is 23.0. The molecule has 0 aliphatic heterocycles. The van der Waals surface area contributed by atoms with Crippen molar-refractivity contribution in [2.24, 2.45) is 5.92 Å². The summed E-state index contributed by atoms with van der Waals surface area (Å²) in [7, 11) is 0. The highest BCUT2D eigenvalue weighted by Crippen LogP contribution is 2.33. The lowest BCUT2D eigenvalue weighted by atomic mass is 9.83. The fourth-order valence-electron chi connectivity index (χ4n) is 4.25. The number of fused-ring (bicyclic) bond motifs is 1. The number of aromatic nitrogens is 1. The minimum atomic E-state index is -0.966. The second-order valence-corrected chi connectivity index (χ2v) is 8.22. The highest BCUT2D eigenvalue weighted by molar-refractivity contribution is 5.68. The van der Waals surface area contributed by atoms with Crippen LogP contribution in [0.1, 0.15) is 41.7 Å². The van der Waals surface area contributed by atoms with E-state index < -0.39 is 5.97 Å². The molecule has 1 heterocycles. The predicted molar refractivity (Wildman–Crippen MR) is 126 cm³/mol. The van der Waals surface area contributed by atoms with Gasteiger partial charge in [-0.3, -0.25) is 15.3 Å². The fraction of sp³-hybridized carbons (Fsp3) is 0.259. The largest absolute Gasteiger partial charge is 0.482 e. The first-order valence-electron chi connectivity index (χ1n) is 11.1. The Morgan fingerprint density at radius 2 is 1.88 bits per heavy atom. The number of benzene rings is 2. The van der Waals surface area contributed by atoms with E-state index in [0.29, 0.717) is 11.7 Å². The van der Waals surface area contributed by atoms with Crippen molar-refractivity contribution in [3.63, 3.8) is 0 Å². The topological polar surface area (TPSA) is 80.7 Å². The average molecular weight is 445 g/mol. The van der Waals surface area contributed by atoms with Crippen molar-refractivity contribution < 1.29 is 19.5 Å². The van der Waals surface area contributed by atoms with Gasteiger partial charge in [0.05, 0.1) is 0 Å². The molecular formula is C27H28N2O4. The molecule has 0 bridgehead atoms. The molecule has 1 aliphatic carbocycles. The molecule has 2 N–H and O–H groups in total. The number of hydrogen-bond donors (Lipinski definition) is 2. The third-order valence-corrected chi connectivity index (χ3v) is 5.76. The van der Waals surface area contributed by atoms with Gasteiger partial charge in [0.1, 0.15) is 11.9 Å². The maximum Gasteiger partial charge on any atom is 0.341 e. The molecule has 1 aromatic heterocycles. The van der Waals surface area contributed by atoms with E-state index in [1.165, 1.54) is 5.56 Å². The Bertz CT molecular complexity index is 1060. The summed E-state index contributed by atoms with van der Waals surface area (Å²) in [6, 6.07) is 19.9. The van der Waals surface area contributed by atoms with Crippen LogP contribution in [-0.2, 0) is 22.5 Å². The minimum absolute atomic E-state index is 0.251. The van der Waals surface area contributed by atoms with E-state index in [-0.39, 0.29) is 12.7 Å². The lowest BCUT2D eigenvalue weighted by Crippen LogP contribution is -2.20. The molecule has 33 heavy (non-hydrogen) atoms. The Morgan fingerprint density at radius 3 is 2.64 bits per heavy atom. The second kappa shape index (κ2) is 10.8. The molecule has 1 aliphatic rings. The first kappa shape index (κ1) is 22.6. The van der Waals surface area contributed by atoms with Crippen LogP contribution in [0.4, 0.5) is 0 Å². The monoisotopic (exact) mass is 444 g/mol. The van der Waals surface area contributed by atoms with E-state index in [1.54, 1.807) is 12.4 Å². The Balaban J connectivity index is 1.42.